The van der Waals surface area contributed by atoms with Crippen molar-refractivity contribution in [3.05, 3.63) is 64.0 Å². The molecule has 2 aromatic carbocycles. The van der Waals surface area contributed by atoms with Crippen molar-refractivity contribution in [2.24, 2.45) is 0 Å². The van der Waals surface area contributed by atoms with E-state index in [0.29, 0.717) is 43.8 Å². The molecule has 0 spiro atoms. The highest BCUT2D eigenvalue weighted by Crippen LogP contribution is 2.35. The first-order valence-electron chi connectivity index (χ1n) is 9.57. The third kappa shape index (κ3) is 3.96. The second-order valence-corrected chi connectivity index (χ2v) is 9.76. The van der Waals surface area contributed by atoms with Gasteiger partial charge in [-0.2, -0.15) is 0 Å². The summed E-state index contributed by atoms with van der Waals surface area (Å²) in [5.41, 5.74) is 1.90. The maximum atomic E-state index is 13.3. The zero-order valence-electron chi connectivity index (χ0n) is 17.5. The Morgan fingerprint density at radius 1 is 1.16 bits per heavy atom. The molecule has 0 saturated carbocycles. The highest BCUT2D eigenvalue weighted by Gasteiger charge is 2.21. The summed E-state index contributed by atoms with van der Waals surface area (Å²) in [6, 6.07) is 11.9. The van der Waals surface area contributed by atoms with Crippen LogP contribution in [0.15, 0.2) is 57.9 Å². The van der Waals surface area contributed by atoms with Gasteiger partial charge in [-0.1, -0.05) is 17.7 Å². The molecule has 2 heterocycles. The maximum Gasteiger partial charge on any atom is 0.253 e. The van der Waals surface area contributed by atoms with E-state index >= 15 is 0 Å². The standard InChI is InChI=1S/C22H20ClN3O5S/c1-25(2)21-16(23)9-8-15-20(21)26(12-19(27)24-32(3,29)30)17-11-13(18-5-4-10-31-18)6-7-14(17)22(15)28/h4-11H,12H2,1-3H3,(H,24,27). The minimum atomic E-state index is -3.76. The lowest BCUT2D eigenvalue weighted by Gasteiger charge is -2.22. The normalized spacial score (nSPS) is 11.8. The van der Waals surface area contributed by atoms with Crippen LogP contribution in [0, 0.1) is 0 Å². The van der Waals surface area contributed by atoms with Gasteiger partial charge in [0, 0.05) is 30.4 Å². The molecular weight excluding hydrogens is 454 g/mol. The molecule has 0 bridgehead atoms. The predicted molar refractivity (Wildman–Crippen MR) is 126 cm³/mol. The van der Waals surface area contributed by atoms with Gasteiger partial charge in [0.05, 0.1) is 34.3 Å². The van der Waals surface area contributed by atoms with E-state index < -0.39 is 15.9 Å². The van der Waals surface area contributed by atoms with Crippen LogP contribution in [-0.4, -0.2) is 39.2 Å². The SMILES string of the molecule is CN(C)c1c(Cl)ccc2c(=O)c3ccc(-c4ccco4)cc3n(CC(=O)NS(C)(=O)=O)c12. The van der Waals surface area contributed by atoms with Crippen LogP contribution >= 0.6 is 11.6 Å². The number of nitrogens with one attached hydrogen (secondary N) is 1. The lowest BCUT2D eigenvalue weighted by Crippen LogP contribution is -2.33. The first-order valence-corrected chi connectivity index (χ1v) is 11.8. The van der Waals surface area contributed by atoms with Crippen LogP contribution in [0.5, 0.6) is 0 Å². The number of nitrogens with zero attached hydrogens (tertiary/aromatic N) is 2. The minimum absolute atomic E-state index is 0.222. The lowest BCUT2D eigenvalue weighted by atomic mass is 10.0. The summed E-state index contributed by atoms with van der Waals surface area (Å²) in [5.74, 6) is -0.155. The molecule has 0 fully saturated rings. The third-order valence-corrected chi connectivity index (χ3v) is 5.91. The molecule has 0 saturated heterocycles. The van der Waals surface area contributed by atoms with Crippen LogP contribution in [0.4, 0.5) is 5.69 Å². The topological polar surface area (TPSA) is 102 Å². The first-order chi connectivity index (χ1) is 15.1. The van der Waals surface area contributed by atoms with Crippen LogP contribution in [0.1, 0.15) is 0 Å². The molecule has 166 valence electrons. The van der Waals surface area contributed by atoms with Gasteiger partial charge in [0.15, 0.2) is 5.43 Å². The van der Waals surface area contributed by atoms with E-state index in [0.717, 1.165) is 6.26 Å². The zero-order chi connectivity index (χ0) is 23.2. The number of rotatable bonds is 5. The number of benzene rings is 2. The number of amides is 1. The Balaban J connectivity index is 2.12. The number of anilines is 1. The summed E-state index contributed by atoms with van der Waals surface area (Å²) in [6.45, 7) is -0.344. The fourth-order valence-corrected chi connectivity index (χ4v) is 4.59. The highest BCUT2D eigenvalue weighted by atomic mass is 35.5. The Kier molecular flexibility index (Phi) is 5.47. The summed E-state index contributed by atoms with van der Waals surface area (Å²) in [5, 5.41) is 1.14. The summed E-state index contributed by atoms with van der Waals surface area (Å²) < 4.78 is 32.3. The van der Waals surface area contributed by atoms with Gasteiger partial charge in [-0.3, -0.25) is 14.3 Å². The third-order valence-electron chi connectivity index (χ3n) is 5.00. The van der Waals surface area contributed by atoms with Gasteiger partial charge in [-0.15, -0.1) is 0 Å². The van der Waals surface area contributed by atoms with E-state index in [4.69, 9.17) is 16.0 Å². The van der Waals surface area contributed by atoms with Crippen molar-refractivity contribution in [3.8, 4) is 11.3 Å². The van der Waals surface area contributed by atoms with Crippen LogP contribution < -0.4 is 15.1 Å². The van der Waals surface area contributed by atoms with Gasteiger partial charge in [-0.05, 0) is 36.4 Å². The van der Waals surface area contributed by atoms with Crippen molar-refractivity contribution >= 4 is 55.0 Å². The van der Waals surface area contributed by atoms with Crippen molar-refractivity contribution in [2.75, 3.05) is 25.3 Å². The van der Waals surface area contributed by atoms with Crippen molar-refractivity contribution in [1.29, 1.82) is 0 Å². The Hall–Kier alpha value is -3.30. The molecule has 0 aliphatic rings. The molecular formula is C22H20ClN3O5S. The van der Waals surface area contributed by atoms with Gasteiger partial charge >= 0.3 is 0 Å². The minimum Gasteiger partial charge on any atom is -0.464 e. The fourth-order valence-electron chi connectivity index (χ4n) is 3.79. The van der Waals surface area contributed by atoms with E-state index in [1.165, 1.54) is 6.26 Å². The number of pyridine rings is 1. The average molecular weight is 474 g/mol. The number of halogens is 1. The Labute approximate surface area is 189 Å². The monoisotopic (exact) mass is 473 g/mol. The molecule has 4 rings (SSSR count). The van der Waals surface area contributed by atoms with Crippen LogP contribution in [0.2, 0.25) is 5.02 Å². The Bertz CT molecular complexity index is 1520. The molecule has 32 heavy (non-hydrogen) atoms. The number of carbonyl (C=O) groups is 1. The molecule has 0 unspecified atom stereocenters. The molecule has 10 heteroatoms. The van der Waals surface area contributed by atoms with Crippen LogP contribution in [0.3, 0.4) is 0 Å². The molecule has 4 aromatic rings. The lowest BCUT2D eigenvalue weighted by molar-refractivity contribution is -0.119. The molecule has 0 aliphatic carbocycles. The second-order valence-electron chi connectivity index (χ2n) is 7.61. The van der Waals surface area contributed by atoms with Gasteiger partial charge in [0.25, 0.3) is 5.91 Å². The molecule has 0 radical (unpaired) electrons. The largest absolute Gasteiger partial charge is 0.464 e. The number of hydrogen-bond donors (Lipinski definition) is 1. The van der Waals surface area contributed by atoms with Crippen molar-refractivity contribution in [2.45, 2.75) is 6.54 Å². The number of carbonyl (C=O) groups excluding carboxylic acids is 1. The van der Waals surface area contributed by atoms with Gasteiger partial charge in [0.2, 0.25) is 10.0 Å². The molecule has 0 atom stereocenters. The van der Waals surface area contributed by atoms with Gasteiger partial charge < -0.3 is 13.9 Å². The van der Waals surface area contributed by atoms with E-state index in [1.807, 2.05) is 4.72 Å². The molecule has 2 aromatic heterocycles. The predicted octanol–water partition coefficient (Wildman–Crippen LogP) is 3.21. The van der Waals surface area contributed by atoms with Crippen molar-refractivity contribution in [1.82, 2.24) is 9.29 Å². The summed E-state index contributed by atoms with van der Waals surface area (Å²) in [6.07, 6.45) is 2.44. The summed E-state index contributed by atoms with van der Waals surface area (Å²) >= 11 is 6.46. The molecule has 8 nitrogen and oxygen atoms in total. The highest BCUT2D eigenvalue weighted by molar-refractivity contribution is 7.89. The van der Waals surface area contributed by atoms with E-state index in [9.17, 15) is 18.0 Å². The number of sulfonamides is 1. The molecule has 0 aliphatic heterocycles. The Morgan fingerprint density at radius 3 is 2.50 bits per heavy atom. The number of furan rings is 1. The smallest absolute Gasteiger partial charge is 0.253 e. The van der Waals surface area contributed by atoms with E-state index in [-0.39, 0.29) is 12.0 Å². The van der Waals surface area contributed by atoms with Gasteiger partial charge in [-0.25, -0.2) is 8.42 Å². The number of aromatic nitrogens is 1. The number of fused-ring (bicyclic) bond motifs is 2. The maximum absolute atomic E-state index is 13.3. The van der Waals surface area contributed by atoms with Crippen molar-refractivity contribution in [3.63, 3.8) is 0 Å². The zero-order valence-corrected chi connectivity index (χ0v) is 19.1. The quantitative estimate of drug-likeness (QED) is 0.446. The number of hydrogen-bond acceptors (Lipinski definition) is 6. The summed E-state index contributed by atoms with van der Waals surface area (Å²) in [4.78, 5) is 27.7. The van der Waals surface area contributed by atoms with Gasteiger partial charge in [0.1, 0.15) is 12.3 Å². The van der Waals surface area contributed by atoms with E-state index in [1.54, 1.807) is 66.0 Å². The Morgan fingerprint density at radius 2 is 1.88 bits per heavy atom. The van der Waals surface area contributed by atoms with Crippen molar-refractivity contribution < 1.29 is 17.6 Å². The molecule has 1 amide bonds. The average Bonchev–Trinajstić information content (AvgIpc) is 3.23. The first kappa shape index (κ1) is 21.9. The molecule has 1 N–H and O–H groups in total. The van der Waals surface area contributed by atoms with Crippen LogP contribution in [-0.2, 0) is 21.4 Å². The fraction of sp³-hybridized carbons (Fsp3) is 0.182. The summed E-state index contributed by atoms with van der Waals surface area (Å²) in [7, 11) is -0.216. The van der Waals surface area contributed by atoms with E-state index in [2.05, 4.69) is 0 Å². The van der Waals surface area contributed by atoms with Crippen LogP contribution in [0.25, 0.3) is 33.1 Å². The second kappa shape index (κ2) is 7.99.